The Balaban J connectivity index is 2.02. The summed E-state index contributed by atoms with van der Waals surface area (Å²) in [5, 5.41) is 7.59. The highest BCUT2D eigenvalue weighted by Crippen LogP contribution is 2.27. The molecule has 0 spiro atoms. The number of hydrogen-bond donors (Lipinski definition) is 2. The third kappa shape index (κ3) is 7.51. The summed E-state index contributed by atoms with van der Waals surface area (Å²) in [6, 6.07) is 20.7. The predicted molar refractivity (Wildman–Crippen MR) is 160 cm³/mol. The van der Waals surface area contributed by atoms with Crippen molar-refractivity contribution < 1.29 is 19.1 Å². The smallest absolute Gasteiger partial charge is 0.408 e. The molecule has 7 heteroatoms. The average molecular weight is 540 g/mol. The van der Waals surface area contributed by atoms with Crippen LogP contribution < -0.4 is 10.6 Å². The zero-order valence-corrected chi connectivity index (χ0v) is 23.7. The number of alkyl carbamates (subject to hydrolysis) is 1. The Hall–Kier alpha value is -4.57. The fourth-order valence-corrected chi connectivity index (χ4v) is 4.28. The molecule has 0 aliphatic carbocycles. The molecule has 0 fully saturated rings. The van der Waals surface area contributed by atoms with Crippen LogP contribution in [0.5, 0.6) is 0 Å². The zero-order chi connectivity index (χ0) is 29.4. The van der Waals surface area contributed by atoms with Gasteiger partial charge in [0.1, 0.15) is 17.7 Å². The molecule has 3 unspecified atom stereocenters. The van der Waals surface area contributed by atoms with Gasteiger partial charge in [0.05, 0.1) is 0 Å². The van der Waals surface area contributed by atoms with E-state index in [1.54, 1.807) is 51.1 Å². The van der Waals surface area contributed by atoms with Crippen LogP contribution in [0.25, 0.3) is 16.8 Å². The molecule has 7 nitrogen and oxygen atoms in total. The van der Waals surface area contributed by atoms with Crippen molar-refractivity contribution in [1.82, 2.24) is 10.2 Å². The van der Waals surface area contributed by atoms with Crippen molar-refractivity contribution in [2.45, 2.75) is 58.7 Å². The van der Waals surface area contributed by atoms with Gasteiger partial charge in [-0.2, -0.15) is 0 Å². The molecular formula is C33H37N3O4. The average Bonchev–Trinajstić information content (AvgIpc) is 2.92. The maximum Gasteiger partial charge on any atom is 0.408 e. The van der Waals surface area contributed by atoms with E-state index in [9.17, 15) is 14.4 Å². The molecule has 0 radical (unpaired) electrons. The van der Waals surface area contributed by atoms with Crippen molar-refractivity contribution >= 4 is 40.4 Å². The number of hydrogen-bond acceptors (Lipinski definition) is 4. The number of nitrogens with one attached hydrogen (secondary N) is 2. The summed E-state index contributed by atoms with van der Waals surface area (Å²) in [7, 11) is 0. The number of benzene rings is 3. The van der Waals surface area contributed by atoms with E-state index in [1.165, 1.54) is 0 Å². The van der Waals surface area contributed by atoms with Gasteiger partial charge in [-0.05, 0) is 66.8 Å². The lowest BCUT2D eigenvalue weighted by atomic mass is 9.95. The molecule has 0 aromatic heterocycles. The van der Waals surface area contributed by atoms with Gasteiger partial charge in [-0.1, -0.05) is 87.9 Å². The van der Waals surface area contributed by atoms with Gasteiger partial charge in [0.2, 0.25) is 0 Å². The second-order valence-electron chi connectivity index (χ2n) is 10.7. The molecule has 40 heavy (non-hydrogen) atoms. The van der Waals surface area contributed by atoms with Gasteiger partial charge in [-0.15, -0.1) is 0 Å². The molecule has 0 heterocycles. The number of nitrogens with zero attached hydrogens (tertiary/aromatic N) is 1. The van der Waals surface area contributed by atoms with Crippen molar-refractivity contribution in [2.75, 3.05) is 5.32 Å². The van der Waals surface area contributed by atoms with E-state index in [0.29, 0.717) is 17.7 Å². The summed E-state index contributed by atoms with van der Waals surface area (Å²) < 4.78 is 5.40. The summed E-state index contributed by atoms with van der Waals surface area (Å²) in [5.74, 6) is -1.38. The van der Waals surface area contributed by atoms with E-state index in [4.69, 9.17) is 11.2 Å². The molecular weight excluding hydrogens is 502 g/mol. The number of fused-ring (bicyclic) bond motifs is 1. The van der Waals surface area contributed by atoms with Gasteiger partial charge >= 0.3 is 6.09 Å². The Morgan fingerprint density at radius 1 is 1.05 bits per heavy atom. The highest BCUT2D eigenvalue weighted by Gasteiger charge is 2.38. The van der Waals surface area contributed by atoms with Crippen molar-refractivity contribution in [1.29, 1.82) is 0 Å². The first-order valence-electron chi connectivity index (χ1n) is 13.3. The van der Waals surface area contributed by atoms with Crippen molar-refractivity contribution in [3.8, 4) is 12.5 Å². The van der Waals surface area contributed by atoms with Crippen molar-refractivity contribution in [3.63, 3.8) is 0 Å². The van der Waals surface area contributed by atoms with Gasteiger partial charge in [-0.3, -0.25) is 14.5 Å². The van der Waals surface area contributed by atoms with Crippen molar-refractivity contribution in [3.05, 3.63) is 84.4 Å². The van der Waals surface area contributed by atoms with E-state index in [-0.39, 0.29) is 5.92 Å². The molecule has 0 saturated carbocycles. The summed E-state index contributed by atoms with van der Waals surface area (Å²) in [5.41, 5.74) is 1.06. The van der Waals surface area contributed by atoms with E-state index < -0.39 is 35.6 Å². The van der Waals surface area contributed by atoms with Crippen LogP contribution in [0.1, 0.15) is 58.2 Å². The van der Waals surface area contributed by atoms with E-state index >= 15 is 0 Å². The molecule has 3 aromatic carbocycles. The Labute approximate surface area is 236 Å². The predicted octanol–water partition coefficient (Wildman–Crippen LogP) is 6.52. The van der Waals surface area contributed by atoms with E-state index in [2.05, 4.69) is 23.3 Å². The number of ether oxygens (including phenoxy) is 1. The van der Waals surface area contributed by atoms with Crippen LogP contribution in [0.4, 0.5) is 10.5 Å². The minimum absolute atomic E-state index is 0.292. The molecule has 0 bridgehead atoms. The largest absolute Gasteiger partial charge is 0.444 e. The lowest BCUT2D eigenvalue weighted by Crippen LogP contribution is -2.53. The first kappa shape index (κ1) is 30.0. The minimum Gasteiger partial charge on any atom is -0.444 e. The fraction of sp³-hybridized carbons (Fsp3) is 0.303. The minimum atomic E-state index is -1.18. The maximum atomic E-state index is 14.0. The van der Waals surface area contributed by atoms with Crippen LogP contribution in [0.2, 0.25) is 0 Å². The Morgan fingerprint density at radius 2 is 1.75 bits per heavy atom. The molecule has 3 aromatic rings. The van der Waals surface area contributed by atoms with Gasteiger partial charge in [-0.25, -0.2) is 4.79 Å². The number of carbonyl (C=O) groups is 3. The van der Waals surface area contributed by atoms with Crippen LogP contribution in [-0.2, 0) is 14.3 Å². The third-order valence-electron chi connectivity index (χ3n) is 6.51. The molecule has 0 aliphatic rings. The lowest BCUT2D eigenvalue weighted by molar-refractivity contribution is -0.137. The summed E-state index contributed by atoms with van der Waals surface area (Å²) in [4.78, 5) is 41.6. The Kier molecular flexibility index (Phi) is 9.73. The summed E-state index contributed by atoms with van der Waals surface area (Å²) in [6.07, 6.45) is 7.39. The number of amides is 3. The monoisotopic (exact) mass is 539 g/mol. The SMILES string of the molecule is C#CN(C(=O)C(NC(=O)OC(C)(C)C)C(C)CC)C(C(=O)Nc1ccc2ccccc2c1)c1cccc(C=C)c1. The van der Waals surface area contributed by atoms with Gasteiger partial charge in [0.25, 0.3) is 11.8 Å². The highest BCUT2D eigenvalue weighted by molar-refractivity contribution is 6.01. The fourth-order valence-electron chi connectivity index (χ4n) is 4.28. The van der Waals surface area contributed by atoms with Gasteiger partial charge in [0.15, 0.2) is 0 Å². The molecule has 3 rings (SSSR count). The quantitative estimate of drug-likeness (QED) is 0.239. The lowest BCUT2D eigenvalue weighted by Gasteiger charge is -2.32. The third-order valence-corrected chi connectivity index (χ3v) is 6.51. The second kappa shape index (κ2) is 13.0. The van der Waals surface area contributed by atoms with Crippen LogP contribution in [-0.4, -0.2) is 34.5 Å². The van der Waals surface area contributed by atoms with Crippen LogP contribution >= 0.6 is 0 Å². The topological polar surface area (TPSA) is 87.7 Å². The van der Waals surface area contributed by atoms with Crippen LogP contribution in [0, 0.1) is 18.4 Å². The number of carbonyl (C=O) groups excluding carboxylic acids is 3. The van der Waals surface area contributed by atoms with Crippen molar-refractivity contribution in [2.24, 2.45) is 5.92 Å². The van der Waals surface area contributed by atoms with E-state index in [1.807, 2.05) is 56.3 Å². The number of terminal acetylenes is 1. The number of anilines is 1. The first-order valence-corrected chi connectivity index (χ1v) is 13.3. The number of rotatable bonds is 9. The first-order chi connectivity index (χ1) is 19.0. The zero-order valence-electron chi connectivity index (χ0n) is 23.7. The molecule has 3 amide bonds. The molecule has 0 saturated heterocycles. The second-order valence-corrected chi connectivity index (χ2v) is 10.7. The normalized spacial score (nSPS) is 13.3. The van der Waals surface area contributed by atoms with Crippen LogP contribution in [0.3, 0.4) is 0 Å². The summed E-state index contributed by atoms with van der Waals surface area (Å²) in [6.45, 7) is 12.8. The Bertz CT molecular complexity index is 1430. The van der Waals surface area contributed by atoms with Gasteiger partial charge in [0, 0.05) is 11.7 Å². The van der Waals surface area contributed by atoms with Crippen LogP contribution in [0.15, 0.2) is 73.3 Å². The van der Waals surface area contributed by atoms with Gasteiger partial charge < -0.3 is 15.4 Å². The van der Waals surface area contributed by atoms with E-state index in [0.717, 1.165) is 21.2 Å². The highest BCUT2D eigenvalue weighted by atomic mass is 16.6. The molecule has 3 atom stereocenters. The summed E-state index contributed by atoms with van der Waals surface area (Å²) >= 11 is 0. The molecule has 2 N–H and O–H groups in total. The molecule has 208 valence electrons. The Morgan fingerprint density at radius 3 is 2.38 bits per heavy atom. The standard InChI is InChI=1S/C33H37N3O4/c1-8-22(4)28(35-32(39)40-33(5,6)7)31(38)36(10-3)29(26-17-13-14-23(9-2)20-26)30(37)34-27-19-18-24-15-11-12-16-25(24)21-27/h3,9,11-22,28-29H,2,8H2,1,4-7H3,(H,34,37)(H,35,39). The molecule has 0 aliphatic heterocycles. The maximum absolute atomic E-state index is 14.0.